The first-order valence-electron chi connectivity index (χ1n) is 10.9. The maximum absolute atomic E-state index is 13.0. The summed E-state index contributed by atoms with van der Waals surface area (Å²) in [5.41, 5.74) is 8.93. The van der Waals surface area contributed by atoms with E-state index < -0.39 is 11.9 Å². The average Bonchev–Trinajstić information content (AvgIpc) is 3.42. The molecule has 1 unspecified atom stereocenters. The number of anilines is 2. The molecule has 0 spiro atoms. The zero-order valence-electron chi connectivity index (χ0n) is 19.0. The molecule has 1 atom stereocenters. The summed E-state index contributed by atoms with van der Waals surface area (Å²) in [7, 11) is 0. The lowest BCUT2D eigenvalue weighted by Gasteiger charge is -2.20. The van der Waals surface area contributed by atoms with E-state index in [0.29, 0.717) is 18.1 Å². The van der Waals surface area contributed by atoms with Gasteiger partial charge in [-0.3, -0.25) is 14.6 Å². The fourth-order valence-electron chi connectivity index (χ4n) is 3.72. The third-order valence-corrected chi connectivity index (χ3v) is 5.63. The van der Waals surface area contributed by atoms with E-state index in [1.165, 1.54) is 10.6 Å². The molecule has 0 bridgehead atoms. The number of hydrazone groups is 1. The Morgan fingerprint density at radius 2 is 1.76 bits per heavy atom. The van der Waals surface area contributed by atoms with Gasteiger partial charge in [-0.2, -0.15) is 10.2 Å². The van der Waals surface area contributed by atoms with Gasteiger partial charge in [0.05, 0.1) is 18.4 Å². The van der Waals surface area contributed by atoms with Gasteiger partial charge >= 0.3 is 0 Å². The molecule has 1 aliphatic heterocycles. The van der Waals surface area contributed by atoms with Crippen LogP contribution < -0.4 is 16.1 Å². The normalized spacial score (nSPS) is 15.9. The molecule has 0 aliphatic carbocycles. The lowest BCUT2D eigenvalue weighted by Crippen LogP contribution is -2.39. The summed E-state index contributed by atoms with van der Waals surface area (Å²) >= 11 is 0. The Hall–Kier alpha value is -3.94. The maximum atomic E-state index is 13.0. The molecule has 2 amide bonds. The highest BCUT2D eigenvalue weighted by Crippen LogP contribution is 2.25. The number of nitrogens with one attached hydrogen (secondary N) is 1. The molecule has 3 N–H and O–H groups in total. The number of carbonyl (C=O) groups excluding carboxylic acids is 2. The molecule has 8 heteroatoms. The lowest BCUT2D eigenvalue weighted by atomic mass is 9.87. The first-order valence-corrected chi connectivity index (χ1v) is 10.9. The Balaban J connectivity index is 1.49. The van der Waals surface area contributed by atoms with E-state index >= 15 is 0 Å². The Morgan fingerprint density at radius 1 is 1.06 bits per heavy atom. The van der Waals surface area contributed by atoms with Crippen LogP contribution in [0.15, 0.2) is 72.0 Å². The summed E-state index contributed by atoms with van der Waals surface area (Å²) in [6.45, 7) is 7.04. The van der Waals surface area contributed by atoms with Crippen LogP contribution in [0.25, 0.3) is 0 Å². The Labute approximate surface area is 193 Å². The number of carbonyl (C=O) groups is 2. The van der Waals surface area contributed by atoms with Gasteiger partial charge in [0.25, 0.3) is 5.91 Å². The van der Waals surface area contributed by atoms with Crippen LogP contribution in [-0.2, 0) is 21.5 Å². The van der Waals surface area contributed by atoms with Crippen molar-refractivity contribution in [1.29, 1.82) is 0 Å². The molecular weight excluding hydrogens is 416 g/mol. The van der Waals surface area contributed by atoms with Crippen molar-refractivity contribution in [3.05, 3.63) is 78.0 Å². The molecule has 3 aromatic rings. The van der Waals surface area contributed by atoms with E-state index in [2.05, 4.69) is 60.6 Å². The van der Waals surface area contributed by atoms with Crippen LogP contribution in [0, 0.1) is 0 Å². The van der Waals surface area contributed by atoms with E-state index in [4.69, 9.17) is 5.73 Å². The largest absolute Gasteiger partial charge is 0.368 e. The van der Waals surface area contributed by atoms with Crippen LogP contribution in [0.5, 0.6) is 0 Å². The van der Waals surface area contributed by atoms with Gasteiger partial charge in [-0.15, -0.1) is 0 Å². The predicted octanol–water partition coefficient (Wildman–Crippen LogP) is 3.29. The first kappa shape index (κ1) is 22.3. The van der Waals surface area contributed by atoms with Gasteiger partial charge in [0, 0.05) is 12.5 Å². The second-order valence-corrected chi connectivity index (χ2v) is 9.12. The van der Waals surface area contributed by atoms with Crippen molar-refractivity contribution in [2.45, 2.75) is 45.2 Å². The molecule has 0 saturated carbocycles. The molecule has 8 nitrogen and oxygen atoms in total. The summed E-state index contributed by atoms with van der Waals surface area (Å²) in [5, 5.41) is 13.1. The standard InChI is InChI=1S/C25H28N6O2/c1-25(2,3)18-11-9-17(10-12-18)16-30-22(13-14-27-30)28-24(33)20-15-21(23(26)32)31(29-20)19-7-5-4-6-8-19/h4-14,21H,15-16H2,1-3H3,(H2,26,32)(H,28,33). The fraction of sp³-hybridized carbons (Fsp3) is 0.280. The molecular formula is C25H28N6O2. The number of aromatic nitrogens is 2. The summed E-state index contributed by atoms with van der Waals surface area (Å²) in [4.78, 5) is 24.9. The van der Waals surface area contributed by atoms with Crippen molar-refractivity contribution in [2.24, 2.45) is 10.8 Å². The van der Waals surface area contributed by atoms with Crippen LogP contribution >= 0.6 is 0 Å². The molecule has 1 aliphatic rings. The minimum absolute atomic E-state index is 0.0851. The minimum Gasteiger partial charge on any atom is -0.368 e. The number of hydrogen-bond acceptors (Lipinski definition) is 5. The zero-order chi connectivity index (χ0) is 23.6. The lowest BCUT2D eigenvalue weighted by molar-refractivity contribution is -0.119. The van der Waals surface area contributed by atoms with Gasteiger partial charge in [0.2, 0.25) is 5.91 Å². The summed E-state index contributed by atoms with van der Waals surface area (Å²) < 4.78 is 1.72. The van der Waals surface area contributed by atoms with Gasteiger partial charge in [0.15, 0.2) is 0 Å². The first-order chi connectivity index (χ1) is 15.7. The van der Waals surface area contributed by atoms with E-state index in [0.717, 1.165) is 5.56 Å². The van der Waals surface area contributed by atoms with Crippen molar-refractivity contribution in [3.8, 4) is 0 Å². The van der Waals surface area contributed by atoms with Gasteiger partial charge < -0.3 is 11.1 Å². The van der Waals surface area contributed by atoms with E-state index in [-0.39, 0.29) is 23.5 Å². The quantitative estimate of drug-likeness (QED) is 0.608. The van der Waals surface area contributed by atoms with Crippen molar-refractivity contribution >= 4 is 29.0 Å². The smallest absolute Gasteiger partial charge is 0.273 e. The monoisotopic (exact) mass is 444 g/mol. The maximum Gasteiger partial charge on any atom is 0.273 e. The molecule has 2 aromatic carbocycles. The Bertz CT molecular complexity index is 1180. The number of primary amides is 1. The molecule has 0 fully saturated rings. The SMILES string of the molecule is CC(C)(C)c1ccc(Cn2nccc2NC(=O)C2=NN(c3ccccc3)C(C(N)=O)C2)cc1. The van der Waals surface area contributed by atoms with Crippen LogP contribution in [0.2, 0.25) is 0 Å². The molecule has 170 valence electrons. The summed E-state index contributed by atoms with van der Waals surface area (Å²) in [6, 6.07) is 18.6. The molecule has 33 heavy (non-hydrogen) atoms. The molecule has 1 aromatic heterocycles. The number of benzene rings is 2. The summed E-state index contributed by atoms with van der Waals surface area (Å²) in [6.07, 6.45) is 1.77. The van der Waals surface area contributed by atoms with E-state index in [1.54, 1.807) is 16.9 Å². The second-order valence-electron chi connectivity index (χ2n) is 9.12. The van der Waals surface area contributed by atoms with Crippen LogP contribution in [0.4, 0.5) is 11.5 Å². The third-order valence-electron chi connectivity index (χ3n) is 5.63. The molecule has 2 heterocycles. The Morgan fingerprint density at radius 3 is 2.39 bits per heavy atom. The number of amides is 2. The minimum atomic E-state index is -0.709. The van der Waals surface area contributed by atoms with Crippen molar-refractivity contribution < 1.29 is 9.59 Å². The van der Waals surface area contributed by atoms with Crippen molar-refractivity contribution in [2.75, 3.05) is 10.3 Å². The molecule has 0 radical (unpaired) electrons. The Kier molecular flexibility index (Phi) is 6.00. The molecule has 0 saturated heterocycles. The second kappa shape index (κ2) is 8.90. The zero-order valence-corrected chi connectivity index (χ0v) is 19.0. The van der Waals surface area contributed by atoms with Gasteiger partial charge in [-0.1, -0.05) is 63.2 Å². The summed E-state index contributed by atoms with van der Waals surface area (Å²) in [5.74, 6) is -0.366. The topological polar surface area (TPSA) is 106 Å². The predicted molar refractivity (Wildman–Crippen MR) is 129 cm³/mol. The highest BCUT2D eigenvalue weighted by atomic mass is 16.2. The van der Waals surface area contributed by atoms with Crippen molar-refractivity contribution in [1.82, 2.24) is 9.78 Å². The van der Waals surface area contributed by atoms with Gasteiger partial charge in [0.1, 0.15) is 17.6 Å². The highest BCUT2D eigenvalue weighted by molar-refractivity contribution is 6.44. The number of hydrogen-bond donors (Lipinski definition) is 2. The fourth-order valence-corrected chi connectivity index (χ4v) is 3.72. The van der Waals surface area contributed by atoms with E-state index in [1.807, 2.05) is 30.3 Å². The number of rotatable bonds is 6. The molecule has 4 rings (SSSR count). The highest BCUT2D eigenvalue weighted by Gasteiger charge is 2.35. The number of nitrogens with zero attached hydrogens (tertiary/aromatic N) is 4. The average molecular weight is 445 g/mol. The van der Waals surface area contributed by atoms with Crippen LogP contribution in [0.3, 0.4) is 0 Å². The van der Waals surface area contributed by atoms with Crippen LogP contribution in [-0.4, -0.2) is 33.3 Å². The number of para-hydroxylation sites is 1. The van der Waals surface area contributed by atoms with Crippen LogP contribution in [0.1, 0.15) is 38.3 Å². The van der Waals surface area contributed by atoms with Gasteiger partial charge in [-0.25, -0.2) is 4.68 Å². The third kappa shape index (κ3) is 4.95. The van der Waals surface area contributed by atoms with Gasteiger partial charge in [-0.05, 0) is 28.7 Å². The number of nitrogens with two attached hydrogens (primary N) is 1. The van der Waals surface area contributed by atoms with Crippen molar-refractivity contribution in [3.63, 3.8) is 0 Å². The van der Waals surface area contributed by atoms with E-state index in [9.17, 15) is 9.59 Å².